The van der Waals surface area contributed by atoms with E-state index in [2.05, 4.69) is 37.8 Å². The van der Waals surface area contributed by atoms with Crippen LogP contribution in [0.4, 0.5) is 0 Å². The average molecular weight is 162 g/mol. The lowest BCUT2D eigenvalue weighted by Crippen LogP contribution is -1.90. The summed E-state index contributed by atoms with van der Waals surface area (Å²) in [6.07, 6.45) is 1.88. The van der Waals surface area contributed by atoms with Crippen molar-refractivity contribution in [3.05, 3.63) is 42.0 Å². The van der Waals surface area contributed by atoms with E-state index in [9.17, 15) is 0 Å². The van der Waals surface area contributed by atoms with Crippen LogP contribution in [0.15, 0.2) is 30.8 Å². The molecule has 1 heteroatoms. The van der Waals surface area contributed by atoms with E-state index in [0.717, 1.165) is 5.54 Å². The summed E-state index contributed by atoms with van der Waals surface area (Å²) >= 11 is 0. The van der Waals surface area contributed by atoms with Crippen LogP contribution in [0.1, 0.15) is 23.6 Å². The highest BCUT2D eigenvalue weighted by atomic mass is 28.1. The molecule has 0 N–H and O–H groups in total. The zero-order valence-corrected chi connectivity index (χ0v) is 9.17. The minimum absolute atomic E-state index is 0.758. The van der Waals surface area contributed by atoms with E-state index < -0.39 is 0 Å². The first kappa shape index (κ1) is 8.28. The monoisotopic (exact) mass is 162 g/mol. The molecule has 0 aromatic heterocycles. The fourth-order valence-corrected chi connectivity index (χ4v) is 1.40. The van der Waals surface area contributed by atoms with Crippen LogP contribution in [-0.4, -0.2) is 10.2 Å². The fourth-order valence-electron chi connectivity index (χ4n) is 1.02. The van der Waals surface area contributed by atoms with E-state index in [0.29, 0.717) is 0 Å². The third kappa shape index (κ3) is 2.05. The highest BCUT2D eigenvalue weighted by Crippen LogP contribution is 2.12. The second-order valence-electron chi connectivity index (χ2n) is 3.03. The third-order valence-corrected chi connectivity index (χ3v) is 2.51. The van der Waals surface area contributed by atoms with Crippen LogP contribution < -0.4 is 0 Å². The molecule has 0 nitrogen and oxygen atoms in total. The second-order valence-corrected chi connectivity index (χ2v) is 4.76. The molecule has 1 aromatic rings. The van der Waals surface area contributed by atoms with Gasteiger partial charge in [0.25, 0.3) is 0 Å². The largest absolute Gasteiger partial charge is 0.0985 e. The van der Waals surface area contributed by atoms with Crippen LogP contribution in [0.2, 0.25) is 0 Å². The zero-order chi connectivity index (χ0) is 8.27. The molecule has 0 spiro atoms. The summed E-state index contributed by atoms with van der Waals surface area (Å²) < 4.78 is 0. The van der Waals surface area contributed by atoms with Gasteiger partial charge in [-0.3, -0.25) is 0 Å². The molecule has 0 aliphatic heterocycles. The van der Waals surface area contributed by atoms with Crippen LogP contribution in [0, 0.1) is 0 Å². The first-order valence-electron chi connectivity index (χ1n) is 3.96. The minimum Gasteiger partial charge on any atom is -0.0985 e. The van der Waals surface area contributed by atoms with E-state index in [1.165, 1.54) is 21.4 Å². The normalized spacial score (nSPS) is 12.8. The fraction of sp³-hybridized carbons (Fsp3) is 0.200. The molecule has 11 heavy (non-hydrogen) atoms. The maximum atomic E-state index is 3.71. The first-order valence-corrected chi connectivity index (χ1v) is 5.12. The van der Waals surface area contributed by atoms with Gasteiger partial charge in [-0.2, -0.15) is 0 Å². The topological polar surface area (TPSA) is 0 Å². The van der Waals surface area contributed by atoms with Crippen molar-refractivity contribution in [3.63, 3.8) is 0 Å². The minimum atomic E-state index is 0.758. The van der Waals surface area contributed by atoms with Crippen molar-refractivity contribution >= 4 is 16.3 Å². The van der Waals surface area contributed by atoms with Crippen LogP contribution in [0.3, 0.4) is 0 Å². The van der Waals surface area contributed by atoms with E-state index in [1.54, 1.807) is 0 Å². The van der Waals surface area contributed by atoms with Gasteiger partial charge in [0, 0.05) is 10.2 Å². The molecule has 0 amide bonds. The first-order chi connectivity index (χ1) is 5.24. The van der Waals surface area contributed by atoms with Gasteiger partial charge in [-0.05, 0) is 16.7 Å². The van der Waals surface area contributed by atoms with Crippen molar-refractivity contribution in [3.8, 4) is 0 Å². The maximum Gasteiger partial charge on any atom is 0.0119 e. The standard InChI is InChI=1S/C10H14Si/c1-3-9-4-6-10(7-5-9)8(2)11/h3-8H,1H2,2,11H3. The van der Waals surface area contributed by atoms with Crippen LogP contribution >= 0.6 is 0 Å². The predicted octanol–water partition coefficient (Wildman–Crippen LogP) is 1.76. The van der Waals surface area contributed by atoms with Crippen molar-refractivity contribution in [2.75, 3.05) is 0 Å². The number of rotatable bonds is 2. The Morgan fingerprint density at radius 1 is 1.36 bits per heavy atom. The van der Waals surface area contributed by atoms with E-state index >= 15 is 0 Å². The van der Waals surface area contributed by atoms with Gasteiger partial charge in [0.05, 0.1) is 0 Å². The summed E-state index contributed by atoms with van der Waals surface area (Å²) in [7, 11) is 1.23. The Labute approximate surface area is 71.4 Å². The molecule has 0 aliphatic rings. The van der Waals surface area contributed by atoms with Gasteiger partial charge >= 0.3 is 0 Å². The lowest BCUT2D eigenvalue weighted by atomic mass is 10.1. The summed E-state index contributed by atoms with van der Waals surface area (Å²) in [5.41, 5.74) is 3.41. The molecule has 0 aliphatic carbocycles. The summed E-state index contributed by atoms with van der Waals surface area (Å²) in [4.78, 5) is 0. The number of benzene rings is 1. The highest BCUT2D eigenvalue weighted by molar-refractivity contribution is 6.12. The summed E-state index contributed by atoms with van der Waals surface area (Å²) in [5.74, 6) is 0. The van der Waals surface area contributed by atoms with Crippen LogP contribution in [-0.2, 0) is 0 Å². The van der Waals surface area contributed by atoms with Gasteiger partial charge < -0.3 is 0 Å². The summed E-state index contributed by atoms with van der Waals surface area (Å²) in [5, 5.41) is 0. The van der Waals surface area contributed by atoms with Crippen molar-refractivity contribution < 1.29 is 0 Å². The Morgan fingerprint density at radius 3 is 2.27 bits per heavy atom. The lowest BCUT2D eigenvalue weighted by Gasteiger charge is -2.03. The molecule has 0 radical (unpaired) electrons. The Hall–Kier alpha value is -0.823. The predicted molar refractivity (Wildman–Crippen MR) is 54.9 cm³/mol. The van der Waals surface area contributed by atoms with Crippen LogP contribution in [0.5, 0.6) is 0 Å². The van der Waals surface area contributed by atoms with E-state index in [-0.39, 0.29) is 0 Å². The molecule has 0 saturated heterocycles. The molecule has 0 heterocycles. The third-order valence-electron chi connectivity index (χ3n) is 1.84. The van der Waals surface area contributed by atoms with E-state index in [1.807, 2.05) is 6.08 Å². The molecule has 1 rings (SSSR count). The Bertz CT molecular complexity index is 234. The zero-order valence-electron chi connectivity index (χ0n) is 7.17. The van der Waals surface area contributed by atoms with E-state index in [4.69, 9.17) is 0 Å². The number of hydrogen-bond donors (Lipinski definition) is 0. The Kier molecular flexibility index (Phi) is 2.66. The van der Waals surface area contributed by atoms with Crippen LogP contribution in [0.25, 0.3) is 6.08 Å². The number of hydrogen-bond acceptors (Lipinski definition) is 0. The molecule has 1 atom stereocenters. The average Bonchev–Trinajstić information content (AvgIpc) is 2.05. The van der Waals surface area contributed by atoms with Crippen molar-refractivity contribution in [1.29, 1.82) is 0 Å². The van der Waals surface area contributed by atoms with Gasteiger partial charge in [0.1, 0.15) is 0 Å². The molecule has 0 bridgehead atoms. The SMILES string of the molecule is C=Cc1ccc(C(C)[SiH3])cc1. The van der Waals surface area contributed by atoms with Gasteiger partial charge in [-0.15, -0.1) is 0 Å². The molecular formula is C10H14Si. The van der Waals surface area contributed by atoms with Gasteiger partial charge in [0.15, 0.2) is 0 Å². The summed E-state index contributed by atoms with van der Waals surface area (Å²) in [6.45, 7) is 5.97. The quantitative estimate of drug-likeness (QED) is 0.581. The van der Waals surface area contributed by atoms with Crippen molar-refractivity contribution in [2.24, 2.45) is 0 Å². The molecule has 0 fully saturated rings. The maximum absolute atomic E-state index is 3.71. The molecular weight excluding hydrogens is 148 g/mol. The molecule has 1 aromatic carbocycles. The molecule has 58 valence electrons. The highest BCUT2D eigenvalue weighted by Gasteiger charge is 1.96. The van der Waals surface area contributed by atoms with Gasteiger partial charge in [0.2, 0.25) is 0 Å². The van der Waals surface area contributed by atoms with Gasteiger partial charge in [-0.1, -0.05) is 43.8 Å². The summed E-state index contributed by atoms with van der Waals surface area (Å²) in [6, 6.07) is 8.62. The second kappa shape index (κ2) is 3.53. The van der Waals surface area contributed by atoms with Gasteiger partial charge in [-0.25, -0.2) is 0 Å². The Morgan fingerprint density at radius 2 is 1.91 bits per heavy atom. The molecule has 0 saturated carbocycles. The van der Waals surface area contributed by atoms with Crippen molar-refractivity contribution in [2.45, 2.75) is 12.5 Å². The Balaban J connectivity index is 2.91. The molecule has 1 unspecified atom stereocenters. The van der Waals surface area contributed by atoms with Crippen molar-refractivity contribution in [1.82, 2.24) is 0 Å². The smallest absolute Gasteiger partial charge is 0.0119 e. The lowest BCUT2D eigenvalue weighted by molar-refractivity contribution is 1.08.